The summed E-state index contributed by atoms with van der Waals surface area (Å²) in [7, 11) is 0. The van der Waals surface area contributed by atoms with Crippen molar-refractivity contribution in [1.29, 1.82) is 0 Å². The third-order valence-corrected chi connectivity index (χ3v) is 5.06. The summed E-state index contributed by atoms with van der Waals surface area (Å²) in [5.74, 6) is -0.337. The van der Waals surface area contributed by atoms with Crippen molar-refractivity contribution in [2.45, 2.75) is 57.1 Å². The summed E-state index contributed by atoms with van der Waals surface area (Å²) in [5.41, 5.74) is 6.75. The first kappa shape index (κ1) is 17.5. The number of nitrogens with one attached hydrogen (secondary N) is 1. The van der Waals surface area contributed by atoms with Gasteiger partial charge in [-0.3, -0.25) is 9.59 Å². The van der Waals surface area contributed by atoms with Crippen molar-refractivity contribution >= 4 is 17.5 Å². The standard InChI is InChI=1S/C19H25N3O3/c20-18(23)12-15(13-7-3-1-4-8-13)21-19(24)16-11-17(25-22-16)14-9-5-2-6-10-14/h2,5-6,9-10,13,15,17H,1,3-4,7-8,11-12H2,(H2,20,23)(H,21,24). The lowest BCUT2D eigenvalue weighted by atomic mass is 9.82. The summed E-state index contributed by atoms with van der Waals surface area (Å²) in [6.07, 6.45) is 5.91. The fourth-order valence-corrected chi connectivity index (χ4v) is 3.70. The monoisotopic (exact) mass is 343 g/mol. The van der Waals surface area contributed by atoms with Crippen LogP contribution >= 0.6 is 0 Å². The number of primary amides is 1. The Labute approximate surface area is 147 Å². The van der Waals surface area contributed by atoms with E-state index in [2.05, 4.69) is 10.5 Å². The van der Waals surface area contributed by atoms with Crippen LogP contribution in [0.25, 0.3) is 0 Å². The van der Waals surface area contributed by atoms with Crippen LogP contribution in [0.2, 0.25) is 0 Å². The molecule has 3 rings (SSSR count). The smallest absolute Gasteiger partial charge is 0.269 e. The van der Waals surface area contributed by atoms with E-state index < -0.39 is 0 Å². The van der Waals surface area contributed by atoms with E-state index in [0.29, 0.717) is 18.1 Å². The first-order valence-corrected chi connectivity index (χ1v) is 9.00. The molecule has 134 valence electrons. The third kappa shape index (κ3) is 4.59. The van der Waals surface area contributed by atoms with Crippen LogP contribution in [0.3, 0.4) is 0 Å². The van der Waals surface area contributed by atoms with E-state index in [4.69, 9.17) is 10.6 Å². The van der Waals surface area contributed by atoms with Crippen molar-refractivity contribution < 1.29 is 14.4 Å². The molecule has 0 aromatic heterocycles. The SMILES string of the molecule is NC(=O)CC(NC(=O)C1=NOC(c2ccccc2)C1)C1CCCCC1. The molecule has 0 spiro atoms. The molecule has 1 aromatic rings. The van der Waals surface area contributed by atoms with Gasteiger partial charge < -0.3 is 15.9 Å². The first-order chi connectivity index (χ1) is 12.1. The molecule has 2 amide bonds. The molecule has 1 aliphatic heterocycles. The Morgan fingerprint density at radius 3 is 2.60 bits per heavy atom. The number of carbonyl (C=O) groups excluding carboxylic acids is 2. The van der Waals surface area contributed by atoms with Gasteiger partial charge in [-0.1, -0.05) is 54.8 Å². The summed E-state index contributed by atoms with van der Waals surface area (Å²) < 4.78 is 0. The highest BCUT2D eigenvalue weighted by atomic mass is 16.6. The van der Waals surface area contributed by atoms with Crippen LogP contribution in [-0.4, -0.2) is 23.6 Å². The molecule has 1 fully saturated rings. The van der Waals surface area contributed by atoms with Gasteiger partial charge in [0.2, 0.25) is 5.91 Å². The topological polar surface area (TPSA) is 93.8 Å². The van der Waals surface area contributed by atoms with Crippen LogP contribution in [-0.2, 0) is 14.4 Å². The predicted octanol–water partition coefficient (Wildman–Crippen LogP) is 2.44. The molecule has 0 saturated heterocycles. The Kier molecular flexibility index (Phi) is 5.68. The van der Waals surface area contributed by atoms with Crippen LogP contribution in [0.5, 0.6) is 0 Å². The van der Waals surface area contributed by atoms with E-state index in [-0.39, 0.29) is 30.4 Å². The highest BCUT2D eigenvalue weighted by Gasteiger charge is 2.31. The lowest BCUT2D eigenvalue weighted by Crippen LogP contribution is -2.45. The maximum atomic E-state index is 12.6. The molecule has 6 nitrogen and oxygen atoms in total. The number of oxime groups is 1. The van der Waals surface area contributed by atoms with E-state index in [0.717, 1.165) is 31.2 Å². The number of benzene rings is 1. The fraction of sp³-hybridized carbons (Fsp3) is 0.526. The quantitative estimate of drug-likeness (QED) is 0.830. The molecule has 2 unspecified atom stereocenters. The number of rotatable bonds is 6. The average Bonchev–Trinajstić information content (AvgIpc) is 3.12. The molecular weight excluding hydrogens is 318 g/mol. The zero-order valence-corrected chi connectivity index (χ0v) is 14.3. The van der Waals surface area contributed by atoms with Crippen molar-refractivity contribution in [2.75, 3.05) is 0 Å². The molecule has 3 N–H and O–H groups in total. The van der Waals surface area contributed by atoms with Crippen molar-refractivity contribution in [3.8, 4) is 0 Å². The maximum Gasteiger partial charge on any atom is 0.269 e. The zero-order chi connectivity index (χ0) is 17.6. The predicted molar refractivity (Wildman–Crippen MR) is 94.6 cm³/mol. The zero-order valence-electron chi connectivity index (χ0n) is 14.3. The van der Waals surface area contributed by atoms with E-state index in [1.807, 2.05) is 30.3 Å². The van der Waals surface area contributed by atoms with Gasteiger partial charge in [-0.05, 0) is 24.3 Å². The minimum absolute atomic E-state index is 0.173. The molecule has 1 heterocycles. The summed E-state index contributed by atoms with van der Waals surface area (Å²) in [6.45, 7) is 0. The Balaban J connectivity index is 1.60. The third-order valence-electron chi connectivity index (χ3n) is 5.06. The Morgan fingerprint density at radius 2 is 1.92 bits per heavy atom. The lowest BCUT2D eigenvalue weighted by Gasteiger charge is -2.30. The van der Waals surface area contributed by atoms with Crippen LogP contribution in [0.4, 0.5) is 0 Å². The van der Waals surface area contributed by atoms with Gasteiger partial charge in [0.15, 0.2) is 6.10 Å². The van der Waals surface area contributed by atoms with E-state index in [1.54, 1.807) is 0 Å². The van der Waals surface area contributed by atoms with E-state index in [1.165, 1.54) is 6.42 Å². The van der Waals surface area contributed by atoms with Gasteiger partial charge in [-0.15, -0.1) is 0 Å². The molecule has 0 bridgehead atoms. The normalized spacial score (nSPS) is 21.9. The fourth-order valence-electron chi connectivity index (χ4n) is 3.70. The summed E-state index contributed by atoms with van der Waals surface area (Å²) in [5, 5.41) is 6.94. The van der Waals surface area contributed by atoms with Gasteiger partial charge in [0.1, 0.15) is 5.71 Å². The summed E-state index contributed by atoms with van der Waals surface area (Å²) in [4.78, 5) is 29.4. The van der Waals surface area contributed by atoms with Crippen LogP contribution < -0.4 is 11.1 Å². The number of carbonyl (C=O) groups is 2. The van der Waals surface area contributed by atoms with Gasteiger partial charge in [0.25, 0.3) is 5.91 Å². The van der Waals surface area contributed by atoms with Crippen LogP contribution in [0, 0.1) is 5.92 Å². The summed E-state index contributed by atoms with van der Waals surface area (Å²) in [6, 6.07) is 9.50. The molecule has 25 heavy (non-hydrogen) atoms. The minimum Gasteiger partial charge on any atom is -0.387 e. The number of amides is 2. The van der Waals surface area contributed by atoms with Gasteiger partial charge in [-0.25, -0.2) is 0 Å². The second-order valence-corrected chi connectivity index (χ2v) is 6.90. The minimum atomic E-state index is -0.386. The van der Waals surface area contributed by atoms with Crippen molar-refractivity contribution in [1.82, 2.24) is 5.32 Å². The van der Waals surface area contributed by atoms with Crippen molar-refractivity contribution in [3.63, 3.8) is 0 Å². The van der Waals surface area contributed by atoms with Crippen LogP contribution in [0.15, 0.2) is 35.5 Å². The molecular formula is C19H25N3O3. The first-order valence-electron chi connectivity index (χ1n) is 9.00. The maximum absolute atomic E-state index is 12.6. The number of hydrogen-bond donors (Lipinski definition) is 2. The van der Waals surface area contributed by atoms with E-state index >= 15 is 0 Å². The molecule has 1 saturated carbocycles. The van der Waals surface area contributed by atoms with Gasteiger partial charge in [0.05, 0.1) is 0 Å². The molecule has 1 aliphatic carbocycles. The van der Waals surface area contributed by atoms with Gasteiger partial charge in [-0.2, -0.15) is 0 Å². The molecule has 6 heteroatoms. The van der Waals surface area contributed by atoms with Crippen LogP contribution in [0.1, 0.15) is 56.6 Å². The lowest BCUT2D eigenvalue weighted by molar-refractivity contribution is -0.120. The second-order valence-electron chi connectivity index (χ2n) is 6.90. The number of hydrogen-bond acceptors (Lipinski definition) is 4. The Bertz CT molecular complexity index is 639. The average molecular weight is 343 g/mol. The van der Waals surface area contributed by atoms with Crippen molar-refractivity contribution in [3.05, 3.63) is 35.9 Å². The molecule has 1 aromatic carbocycles. The molecule has 2 aliphatic rings. The van der Waals surface area contributed by atoms with Gasteiger partial charge in [0, 0.05) is 18.9 Å². The number of nitrogens with zero attached hydrogens (tertiary/aromatic N) is 1. The van der Waals surface area contributed by atoms with Gasteiger partial charge >= 0.3 is 0 Å². The Hall–Kier alpha value is -2.37. The second kappa shape index (κ2) is 8.14. The van der Waals surface area contributed by atoms with E-state index in [9.17, 15) is 9.59 Å². The van der Waals surface area contributed by atoms with Crippen molar-refractivity contribution in [2.24, 2.45) is 16.8 Å². The number of nitrogens with two attached hydrogens (primary N) is 1. The molecule has 0 radical (unpaired) electrons. The highest BCUT2D eigenvalue weighted by Crippen LogP contribution is 2.29. The molecule has 2 atom stereocenters. The summed E-state index contributed by atoms with van der Waals surface area (Å²) >= 11 is 0. The highest BCUT2D eigenvalue weighted by molar-refractivity contribution is 6.39. The Morgan fingerprint density at radius 1 is 1.20 bits per heavy atom. The largest absolute Gasteiger partial charge is 0.387 e.